The van der Waals surface area contributed by atoms with Gasteiger partial charge in [-0.05, 0) is 37.1 Å². The number of rotatable bonds is 3. The largest absolute Gasteiger partial charge is 0.323 e. The monoisotopic (exact) mass is 315 g/mol. The van der Waals surface area contributed by atoms with Crippen LogP contribution >= 0.6 is 0 Å². The molecule has 2 heterocycles. The Morgan fingerprint density at radius 2 is 1.71 bits per heavy atom. The van der Waals surface area contributed by atoms with Gasteiger partial charge in [-0.15, -0.1) is 5.10 Å². The van der Waals surface area contributed by atoms with Gasteiger partial charge >= 0.3 is 0 Å². The number of aryl methyl sites for hydroxylation is 2. The first-order valence-electron chi connectivity index (χ1n) is 7.81. The molecule has 0 bridgehead atoms. The molecule has 4 rings (SSSR count). The maximum atomic E-state index is 4.62. The second kappa shape index (κ2) is 5.77. The number of benzene rings is 2. The van der Waals surface area contributed by atoms with E-state index in [-0.39, 0.29) is 0 Å². The summed E-state index contributed by atoms with van der Waals surface area (Å²) in [6.07, 6.45) is 3.55. The van der Waals surface area contributed by atoms with Gasteiger partial charge in [0.1, 0.15) is 5.69 Å². The van der Waals surface area contributed by atoms with E-state index in [2.05, 4.69) is 52.4 Å². The van der Waals surface area contributed by atoms with E-state index in [1.165, 1.54) is 11.1 Å². The molecule has 5 nitrogen and oxygen atoms in total. The Hall–Kier alpha value is -3.21. The maximum Gasteiger partial charge on any atom is 0.247 e. The van der Waals surface area contributed by atoms with Crippen LogP contribution in [0.4, 0.5) is 11.6 Å². The topological polar surface area (TPSA) is 55.1 Å². The Morgan fingerprint density at radius 3 is 2.46 bits per heavy atom. The molecule has 0 atom stereocenters. The summed E-state index contributed by atoms with van der Waals surface area (Å²) < 4.78 is 1.75. The maximum absolute atomic E-state index is 4.62. The lowest BCUT2D eigenvalue weighted by Crippen LogP contribution is -1.94. The van der Waals surface area contributed by atoms with E-state index in [1.54, 1.807) is 16.9 Å². The zero-order chi connectivity index (χ0) is 16.5. The fraction of sp³-hybridized carbons (Fsp3) is 0.105. The van der Waals surface area contributed by atoms with Gasteiger partial charge in [0.15, 0.2) is 5.65 Å². The van der Waals surface area contributed by atoms with Gasteiger partial charge in [0.2, 0.25) is 5.95 Å². The lowest BCUT2D eigenvalue weighted by molar-refractivity contribution is 0.951. The first-order valence-corrected chi connectivity index (χ1v) is 7.81. The minimum atomic E-state index is 0.560. The van der Waals surface area contributed by atoms with E-state index in [1.807, 2.05) is 30.3 Å². The van der Waals surface area contributed by atoms with Crippen molar-refractivity contribution in [2.24, 2.45) is 0 Å². The molecule has 0 aliphatic heterocycles. The van der Waals surface area contributed by atoms with Gasteiger partial charge in [0, 0.05) is 23.6 Å². The summed E-state index contributed by atoms with van der Waals surface area (Å²) in [4.78, 5) is 9.10. The smallest absolute Gasteiger partial charge is 0.247 e. The van der Waals surface area contributed by atoms with Crippen LogP contribution in [0.15, 0.2) is 60.9 Å². The second-order valence-electron chi connectivity index (χ2n) is 5.85. The van der Waals surface area contributed by atoms with Crippen molar-refractivity contribution in [1.82, 2.24) is 19.6 Å². The lowest BCUT2D eigenvalue weighted by Gasteiger charge is -2.04. The zero-order valence-corrected chi connectivity index (χ0v) is 13.6. The summed E-state index contributed by atoms with van der Waals surface area (Å²) in [5.74, 6) is 0.560. The molecule has 5 heteroatoms. The van der Waals surface area contributed by atoms with Gasteiger partial charge < -0.3 is 5.32 Å². The van der Waals surface area contributed by atoms with E-state index in [0.717, 1.165) is 22.6 Å². The highest BCUT2D eigenvalue weighted by Crippen LogP contribution is 2.23. The molecule has 2 aromatic carbocycles. The normalized spacial score (nSPS) is 10.9. The minimum Gasteiger partial charge on any atom is -0.323 e. The van der Waals surface area contributed by atoms with E-state index in [9.17, 15) is 0 Å². The van der Waals surface area contributed by atoms with Crippen molar-refractivity contribution in [2.45, 2.75) is 13.8 Å². The quantitative estimate of drug-likeness (QED) is 0.617. The molecule has 24 heavy (non-hydrogen) atoms. The molecule has 0 aliphatic carbocycles. The van der Waals surface area contributed by atoms with Crippen molar-refractivity contribution in [3.63, 3.8) is 0 Å². The predicted octanol–water partition coefficient (Wildman–Crippen LogP) is 4.15. The average molecular weight is 315 g/mol. The summed E-state index contributed by atoms with van der Waals surface area (Å²) in [7, 11) is 0. The van der Waals surface area contributed by atoms with Crippen molar-refractivity contribution in [3.8, 4) is 11.3 Å². The van der Waals surface area contributed by atoms with Crippen LogP contribution in [0.2, 0.25) is 0 Å². The molecule has 0 saturated carbocycles. The summed E-state index contributed by atoms with van der Waals surface area (Å²) in [6.45, 7) is 4.15. The van der Waals surface area contributed by atoms with Crippen LogP contribution in [0.25, 0.3) is 16.9 Å². The number of nitrogens with zero attached hydrogens (tertiary/aromatic N) is 4. The Morgan fingerprint density at radius 1 is 0.958 bits per heavy atom. The predicted molar refractivity (Wildman–Crippen MR) is 95.4 cm³/mol. The molecule has 0 radical (unpaired) electrons. The Kier molecular flexibility index (Phi) is 3.46. The SMILES string of the molecule is Cc1cc(C)cc(Nc2nc3c(-c4ccccc4)nccn3n2)c1. The van der Waals surface area contributed by atoms with Crippen LogP contribution in [0, 0.1) is 13.8 Å². The third kappa shape index (κ3) is 2.72. The van der Waals surface area contributed by atoms with Crippen LogP contribution in [-0.2, 0) is 0 Å². The summed E-state index contributed by atoms with van der Waals surface area (Å²) >= 11 is 0. The van der Waals surface area contributed by atoms with E-state index in [4.69, 9.17) is 0 Å². The van der Waals surface area contributed by atoms with Gasteiger partial charge in [-0.25, -0.2) is 4.52 Å². The van der Waals surface area contributed by atoms with Crippen LogP contribution in [0.1, 0.15) is 11.1 Å². The molecule has 0 aliphatic rings. The summed E-state index contributed by atoms with van der Waals surface area (Å²) in [5, 5.41) is 7.79. The molecule has 4 aromatic rings. The van der Waals surface area contributed by atoms with Gasteiger partial charge in [0.05, 0.1) is 0 Å². The fourth-order valence-corrected chi connectivity index (χ4v) is 2.85. The molecular formula is C19H17N5. The fourth-order valence-electron chi connectivity index (χ4n) is 2.85. The zero-order valence-electron chi connectivity index (χ0n) is 13.6. The molecule has 118 valence electrons. The summed E-state index contributed by atoms with van der Waals surface area (Å²) in [6, 6.07) is 16.3. The van der Waals surface area contributed by atoms with Crippen LogP contribution in [0.5, 0.6) is 0 Å². The van der Waals surface area contributed by atoms with Gasteiger partial charge in [-0.2, -0.15) is 4.98 Å². The number of aromatic nitrogens is 4. The number of hydrogen-bond acceptors (Lipinski definition) is 4. The first kappa shape index (κ1) is 14.4. The Bertz CT molecular complexity index is 985. The Labute approximate surface area is 140 Å². The van der Waals surface area contributed by atoms with E-state index in [0.29, 0.717) is 5.95 Å². The first-order chi connectivity index (χ1) is 11.7. The molecule has 2 aromatic heterocycles. The van der Waals surface area contributed by atoms with Gasteiger partial charge in [-0.1, -0.05) is 36.4 Å². The molecule has 0 unspecified atom stereocenters. The summed E-state index contributed by atoms with van der Waals surface area (Å²) in [5.41, 5.74) is 5.96. The molecule has 0 amide bonds. The van der Waals surface area contributed by atoms with E-state index >= 15 is 0 Å². The number of nitrogens with one attached hydrogen (secondary N) is 1. The molecule has 0 fully saturated rings. The van der Waals surface area contributed by atoms with Gasteiger partial charge in [-0.3, -0.25) is 4.98 Å². The second-order valence-corrected chi connectivity index (χ2v) is 5.85. The highest BCUT2D eigenvalue weighted by atomic mass is 15.3. The van der Waals surface area contributed by atoms with Crippen molar-refractivity contribution in [3.05, 3.63) is 72.1 Å². The molecular weight excluding hydrogens is 298 g/mol. The number of fused-ring (bicyclic) bond motifs is 1. The van der Waals surface area contributed by atoms with Crippen LogP contribution < -0.4 is 5.32 Å². The standard InChI is InChI=1S/C19H17N5/c1-13-10-14(2)12-16(11-13)21-19-22-18-17(15-6-4-3-5-7-15)20-8-9-24(18)23-19/h3-12H,1-2H3,(H,21,23). The van der Waals surface area contributed by atoms with Crippen molar-refractivity contribution < 1.29 is 0 Å². The van der Waals surface area contributed by atoms with Crippen molar-refractivity contribution in [2.75, 3.05) is 5.32 Å². The minimum absolute atomic E-state index is 0.560. The van der Waals surface area contributed by atoms with Crippen molar-refractivity contribution >= 4 is 17.3 Å². The average Bonchev–Trinajstić information content (AvgIpc) is 2.96. The highest BCUT2D eigenvalue weighted by Gasteiger charge is 2.11. The Balaban J connectivity index is 1.76. The lowest BCUT2D eigenvalue weighted by atomic mass is 10.1. The number of anilines is 2. The van der Waals surface area contributed by atoms with E-state index < -0.39 is 0 Å². The number of hydrogen-bond donors (Lipinski definition) is 1. The molecule has 0 spiro atoms. The molecule has 1 N–H and O–H groups in total. The van der Waals surface area contributed by atoms with Crippen molar-refractivity contribution in [1.29, 1.82) is 0 Å². The van der Waals surface area contributed by atoms with Gasteiger partial charge in [0.25, 0.3) is 0 Å². The third-order valence-corrected chi connectivity index (χ3v) is 3.78. The van der Waals surface area contributed by atoms with Crippen LogP contribution in [-0.4, -0.2) is 19.6 Å². The van der Waals surface area contributed by atoms with Crippen LogP contribution in [0.3, 0.4) is 0 Å². The highest BCUT2D eigenvalue weighted by molar-refractivity contribution is 5.74. The third-order valence-electron chi connectivity index (χ3n) is 3.78. The molecule has 0 saturated heterocycles.